The highest BCUT2D eigenvalue weighted by Crippen LogP contribution is 2.39. The zero-order valence-corrected chi connectivity index (χ0v) is 19.0. The van der Waals surface area contributed by atoms with E-state index in [4.69, 9.17) is 0 Å². The molecule has 0 aliphatic rings. The summed E-state index contributed by atoms with van der Waals surface area (Å²) in [5, 5.41) is 10.9. The summed E-state index contributed by atoms with van der Waals surface area (Å²) in [7, 11) is 0. The Hall–Kier alpha value is -2.88. The van der Waals surface area contributed by atoms with Gasteiger partial charge in [0.2, 0.25) is 12.1 Å². The minimum Gasteiger partial charge on any atom is -0.507 e. The van der Waals surface area contributed by atoms with Crippen molar-refractivity contribution in [3.63, 3.8) is 0 Å². The molecule has 3 rings (SSSR count). The van der Waals surface area contributed by atoms with Crippen molar-refractivity contribution in [1.82, 2.24) is 4.57 Å². The highest BCUT2D eigenvalue weighted by Gasteiger charge is 2.28. The number of ketones is 1. The number of allylic oxidation sites excluding steroid dienone is 1. The fourth-order valence-corrected chi connectivity index (χ4v) is 3.84. The predicted octanol–water partition coefficient (Wildman–Crippen LogP) is 5.30. The van der Waals surface area contributed by atoms with Crippen molar-refractivity contribution in [2.75, 3.05) is 0 Å². The highest BCUT2D eigenvalue weighted by atomic mass is 16.3. The second-order valence-corrected chi connectivity index (χ2v) is 10.0. The van der Waals surface area contributed by atoms with Crippen molar-refractivity contribution in [1.29, 1.82) is 0 Å². The number of nitrogens with zero attached hydrogens (tertiary/aromatic N) is 2. The van der Waals surface area contributed by atoms with Gasteiger partial charge in [-0.2, -0.15) is 0 Å². The number of imidazole rings is 1. The van der Waals surface area contributed by atoms with Gasteiger partial charge in [0.05, 0.1) is 0 Å². The molecule has 0 radical (unpaired) electrons. The molecule has 3 aromatic rings. The van der Waals surface area contributed by atoms with E-state index in [9.17, 15) is 9.90 Å². The molecule has 4 heteroatoms. The van der Waals surface area contributed by atoms with E-state index in [1.54, 1.807) is 0 Å². The van der Waals surface area contributed by atoms with Gasteiger partial charge in [0.15, 0.2) is 17.6 Å². The predicted molar refractivity (Wildman–Crippen MR) is 122 cm³/mol. The van der Waals surface area contributed by atoms with Crippen molar-refractivity contribution in [2.45, 2.75) is 65.5 Å². The molecule has 30 heavy (non-hydrogen) atoms. The van der Waals surface area contributed by atoms with Crippen LogP contribution in [0.2, 0.25) is 0 Å². The normalized spacial score (nSPS) is 12.3. The zero-order chi connectivity index (χ0) is 22.3. The molecule has 0 unspecified atom stereocenters. The number of fused-ring (bicyclic) bond motifs is 1. The lowest BCUT2D eigenvalue weighted by Crippen LogP contribution is -2.37. The van der Waals surface area contributed by atoms with Crippen LogP contribution in [0.4, 0.5) is 0 Å². The first kappa shape index (κ1) is 21.8. The number of para-hydroxylation sites is 2. The summed E-state index contributed by atoms with van der Waals surface area (Å²) in [4.78, 5) is 13.4. The van der Waals surface area contributed by atoms with Gasteiger partial charge in [0.25, 0.3) is 0 Å². The first-order chi connectivity index (χ1) is 13.9. The van der Waals surface area contributed by atoms with E-state index in [-0.39, 0.29) is 23.2 Å². The maximum Gasteiger partial charge on any atom is 0.245 e. The van der Waals surface area contributed by atoms with Gasteiger partial charge >= 0.3 is 0 Å². The van der Waals surface area contributed by atoms with Crippen molar-refractivity contribution in [3.05, 3.63) is 72.1 Å². The van der Waals surface area contributed by atoms with Gasteiger partial charge < -0.3 is 5.11 Å². The molecule has 0 fully saturated rings. The van der Waals surface area contributed by atoms with Crippen LogP contribution < -0.4 is 4.57 Å². The summed E-state index contributed by atoms with van der Waals surface area (Å²) >= 11 is 0. The lowest BCUT2D eigenvalue weighted by atomic mass is 9.78. The molecule has 1 aromatic heterocycles. The quantitative estimate of drug-likeness (QED) is 0.356. The average molecular weight is 406 g/mol. The van der Waals surface area contributed by atoms with Crippen LogP contribution >= 0.6 is 0 Å². The van der Waals surface area contributed by atoms with Gasteiger partial charge in [-0.1, -0.05) is 66.3 Å². The Balaban J connectivity index is 2.08. The highest BCUT2D eigenvalue weighted by molar-refractivity contribution is 5.96. The first-order valence-corrected chi connectivity index (χ1v) is 10.4. The summed E-state index contributed by atoms with van der Waals surface area (Å²) in [6, 6.07) is 11.8. The molecule has 0 saturated carbocycles. The van der Waals surface area contributed by atoms with Gasteiger partial charge in [0.1, 0.15) is 12.3 Å². The number of hydrogen-bond acceptors (Lipinski definition) is 2. The van der Waals surface area contributed by atoms with Crippen molar-refractivity contribution in [3.8, 4) is 5.75 Å². The number of carbonyl (C=O) groups excluding carboxylic acids is 1. The molecule has 4 nitrogen and oxygen atoms in total. The van der Waals surface area contributed by atoms with Crippen LogP contribution in [0, 0.1) is 0 Å². The maximum atomic E-state index is 13.4. The molecule has 0 atom stereocenters. The lowest BCUT2D eigenvalue weighted by Gasteiger charge is -2.28. The molecule has 158 valence electrons. The Morgan fingerprint density at radius 3 is 2.17 bits per heavy atom. The third kappa shape index (κ3) is 4.18. The van der Waals surface area contributed by atoms with Crippen LogP contribution in [0.1, 0.15) is 63.0 Å². The zero-order valence-electron chi connectivity index (χ0n) is 19.0. The van der Waals surface area contributed by atoms with Crippen LogP contribution in [0.5, 0.6) is 5.75 Å². The van der Waals surface area contributed by atoms with E-state index < -0.39 is 0 Å². The topological polar surface area (TPSA) is 46.1 Å². The second kappa shape index (κ2) is 7.75. The van der Waals surface area contributed by atoms with Gasteiger partial charge in [0, 0.05) is 16.7 Å². The third-order valence-corrected chi connectivity index (χ3v) is 5.47. The first-order valence-electron chi connectivity index (χ1n) is 10.4. The lowest BCUT2D eigenvalue weighted by molar-refractivity contribution is -0.657. The van der Waals surface area contributed by atoms with E-state index in [2.05, 4.69) is 58.8 Å². The maximum absolute atomic E-state index is 13.4. The molecule has 1 heterocycles. The standard InChI is InChI=1S/C26H32N2O2/c1-8-13-27-17-28(22-12-10-9-11-21(22)27)16-23(29)18-14-19(25(2,3)4)24(30)20(15-18)26(5,6)7/h8-12,14-15,17H,1,13,16H2,2-7H3/p+1. The number of aromatic nitrogens is 2. The van der Waals surface area contributed by atoms with Crippen LogP contribution in [0.3, 0.4) is 0 Å². The summed E-state index contributed by atoms with van der Waals surface area (Å²) in [5.41, 5.74) is 3.78. The van der Waals surface area contributed by atoms with E-state index in [0.29, 0.717) is 17.9 Å². The number of rotatable bonds is 5. The SMILES string of the molecule is C=CCn1c[n+](CC(=O)c2cc(C(C)(C)C)c(O)c(C(C)(C)C)c2)c2ccccc21. The summed E-state index contributed by atoms with van der Waals surface area (Å²) in [6.07, 6.45) is 3.82. The molecular formula is C26H33N2O2+. The molecule has 0 saturated heterocycles. The summed E-state index contributed by atoms with van der Waals surface area (Å²) in [5.74, 6) is 0.319. The van der Waals surface area contributed by atoms with E-state index in [1.165, 1.54) is 0 Å². The number of benzene rings is 2. The van der Waals surface area contributed by atoms with Gasteiger partial charge in [-0.3, -0.25) is 4.79 Å². The molecule has 0 aliphatic carbocycles. The van der Waals surface area contributed by atoms with Gasteiger partial charge in [-0.15, -0.1) is 0 Å². The molecule has 0 amide bonds. The van der Waals surface area contributed by atoms with Crippen molar-refractivity contribution in [2.24, 2.45) is 0 Å². The Morgan fingerprint density at radius 1 is 1.07 bits per heavy atom. The molecular weight excluding hydrogens is 372 g/mol. The van der Waals surface area contributed by atoms with E-state index in [0.717, 1.165) is 22.2 Å². The van der Waals surface area contributed by atoms with E-state index in [1.807, 2.05) is 47.3 Å². The molecule has 0 aliphatic heterocycles. The Bertz CT molecular complexity index is 1070. The fourth-order valence-electron chi connectivity index (χ4n) is 3.84. The number of phenols is 1. The Labute approximate surface area is 179 Å². The molecule has 2 aromatic carbocycles. The monoisotopic (exact) mass is 405 g/mol. The van der Waals surface area contributed by atoms with Crippen LogP contribution in [0.25, 0.3) is 11.0 Å². The van der Waals surface area contributed by atoms with Crippen LogP contribution in [-0.2, 0) is 23.9 Å². The number of carbonyl (C=O) groups is 1. The number of Topliss-reactive ketones (excluding diaryl/α,β-unsaturated/α-hetero) is 1. The van der Waals surface area contributed by atoms with Crippen LogP contribution in [-0.4, -0.2) is 15.5 Å². The number of aromatic hydroxyl groups is 1. The third-order valence-electron chi connectivity index (χ3n) is 5.47. The molecule has 0 bridgehead atoms. The van der Waals surface area contributed by atoms with Gasteiger partial charge in [-0.05, 0) is 35.1 Å². The van der Waals surface area contributed by atoms with Crippen LogP contribution in [0.15, 0.2) is 55.4 Å². The minimum atomic E-state index is -0.270. The smallest absolute Gasteiger partial charge is 0.245 e. The fraction of sp³-hybridized carbons (Fsp3) is 0.385. The number of phenolic OH excluding ortho intramolecular Hbond substituents is 1. The van der Waals surface area contributed by atoms with Gasteiger partial charge in [-0.25, -0.2) is 9.13 Å². The number of hydrogen-bond donors (Lipinski definition) is 1. The average Bonchev–Trinajstić information content (AvgIpc) is 2.98. The Morgan fingerprint density at radius 2 is 1.63 bits per heavy atom. The van der Waals surface area contributed by atoms with E-state index >= 15 is 0 Å². The van der Waals surface area contributed by atoms with Crippen molar-refractivity contribution >= 4 is 16.8 Å². The minimum absolute atomic E-state index is 0.0255. The van der Waals surface area contributed by atoms with Crippen molar-refractivity contribution < 1.29 is 14.5 Å². The summed E-state index contributed by atoms with van der Waals surface area (Å²) in [6.45, 7) is 17.1. The Kier molecular flexibility index (Phi) is 5.64. The molecule has 1 N–H and O–H groups in total. The largest absolute Gasteiger partial charge is 0.507 e. The molecule has 0 spiro atoms. The summed E-state index contributed by atoms with van der Waals surface area (Å²) < 4.78 is 4.08. The second-order valence-electron chi connectivity index (χ2n) is 10.0.